The molecule has 5 nitrogen and oxygen atoms in total. The summed E-state index contributed by atoms with van der Waals surface area (Å²) in [5.74, 6) is -1.64. The second kappa shape index (κ2) is 6.92. The van der Waals surface area contributed by atoms with Crippen molar-refractivity contribution in [1.29, 1.82) is 0 Å². The van der Waals surface area contributed by atoms with Crippen LogP contribution in [0.5, 0.6) is 0 Å². The Morgan fingerprint density at radius 1 is 1.27 bits per heavy atom. The van der Waals surface area contributed by atoms with Crippen molar-refractivity contribution in [1.82, 2.24) is 4.90 Å². The lowest BCUT2D eigenvalue weighted by Crippen LogP contribution is -3.14. The van der Waals surface area contributed by atoms with Crippen LogP contribution in [0.3, 0.4) is 0 Å². The van der Waals surface area contributed by atoms with Gasteiger partial charge in [-0.05, 0) is 26.3 Å². The number of carbonyl (C=O) groups excluding carboxylic acids is 2. The van der Waals surface area contributed by atoms with Crippen LogP contribution >= 0.6 is 0 Å². The Morgan fingerprint density at radius 2 is 1.91 bits per heavy atom. The quantitative estimate of drug-likeness (QED) is 0.743. The minimum Gasteiger partial charge on any atom is -0.550 e. The molecule has 1 amide bonds. The van der Waals surface area contributed by atoms with Gasteiger partial charge in [0.05, 0.1) is 38.6 Å². The Hall–Kier alpha value is -1.88. The molecule has 1 aromatic rings. The molecule has 0 unspecified atom stereocenters. The number of quaternary nitrogens is 1. The predicted molar refractivity (Wildman–Crippen MR) is 81.2 cm³/mol. The van der Waals surface area contributed by atoms with Crippen molar-refractivity contribution in [3.8, 4) is 0 Å². The summed E-state index contributed by atoms with van der Waals surface area (Å²) in [5.41, 5.74) is 3.91. The topological polar surface area (TPSA) is 64.9 Å². The van der Waals surface area contributed by atoms with Crippen molar-refractivity contribution >= 4 is 11.9 Å². The molecule has 5 heteroatoms. The number of rotatable bonds is 4. The third kappa shape index (κ3) is 3.85. The van der Waals surface area contributed by atoms with E-state index in [1.807, 2.05) is 0 Å². The first-order valence-corrected chi connectivity index (χ1v) is 7.78. The normalized spacial score (nSPS) is 17.3. The Bertz CT molecular complexity index is 563. The molecule has 1 saturated heterocycles. The summed E-state index contributed by atoms with van der Waals surface area (Å²) in [4.78, 5) is 25.3. The van der Waals surface area contributed by atoms with Gasteiger partial charge >= 0.3 is 0 Å². The molecular weight excluding hydrogens is 280 g/mol. The van der Waals surface area contributed by atoms with Crippen LogP contribution in [-0.2, 0) is 9.59 Å². The lowest BCUT2D eigenvalue weighted by atomic mass is 9.98. The summed E-state index contributed by atoms with van der Waals surface area (Å²) in [6.07, 6.45) is -0.512. The summed E-state index contributed by atoms with van der Waals surface area (Å²) in [6.45, 7) is 9.34. The Kier molecular flexibility index (Phi) is 5.19. The smallest absolute Gasteiger partial charge is 0.228 e. The lowest BCUT2D eigenvalue weighted by Gasteiger charge is -2.36. The second-order valence-corrected chi connectivity index (χ2v) is 6.17. The van der Waals surface area contributed by atoms with Crippen molar-refractivity contribution in [2.45, 2.75) is 33.2 Å². The van der Waals surface area contributed by atoms with E-state index in [1.165, 1.54) is 21.6 Å². The Labute approximate surface area is 131 Å². The van der Waals surface area contributed by atoms with E-state index < -0.39 is 12.4 Å². The highest BCUT2D eigenvalue weighted by Crippen LogP contribution is 2.16. The molecule has 0 saturated carbocycles. The molecule has 1 fully saturated rings. The first-order valence-electron chi connectivity index (χ1n) is 7.78. The van der Waals surface area contributed by atoms with Crippen molar-refractivity contribution in [3.05, 3.63) is 34.9 Å². The summed E-state index contributed by atoms with van der Waals surface area (Å²) in [7, 11) is 0. The predicted octanol–water partition coefficient (Wildman–Crippen LogP) is -0.768. The van der Waals surface area contributed by atoms with E-state index in [9.17, 15) is 14.7 Å². The SMILES string of the molecule is Cc1ccc([C@@H](C)[NH+]2CCN(C(=O)CC(=O)[O-])CC2)c(C)c1. The molecule has 0 spiro atoms. The van der Waals surface area contributed by atoms with Crippen LogP contribution in [0.2, 0.25) is 0 Å². The van der Waals surface area contributed by atoms with Gasteiger partial charge in [-0.25, -0.2) is 0 Å². The molecule has 22 heavy (non-hydrogen) atoms. The number of hydrogen-bond acceptors (Lipinski definition) is 3. The van der Waals surface area contributed by atoms with Crippen LogP contribution in [0.15, 0.2) is 18.2 Å². The first kappa shape index (κ1) is 16.5. The fraction of sp³-hybridized carbons (Fsp3) is 0.529. The van der Waals surface area contributed by atoms with Gasteiger partial charge in [-0.3, -0.25) is 4.79 Å². The molecule has 2 rings (SSSR count). The van der Waals surface area contributed by atoms with E-state index in [0.29, 0.717) is 19.1 Å². The van der Waals surface area contributed by atoms with Crippen LogP contribution in [0.25, 0.3) is 0 Å². The van der Waals surface area contributed by atoms with Gasteiger partial charge < -0.3 is 19.7 Å². The molecule has 1 aliphatic rings. The molecule has 1 N–H and O–H groups in total. The zero-order valence-electron chi connectivity index (χ0n) is 13.5. The zero-order chi connectivity index (χ0) is 16.3. The molecule has 1 heterocycles. The van der Waals surface area contributed by atoms with Gasteiger partial charge in [-0.15, -0.1) is 0 Å². The Balaban J connectivity index is 1.96. The van der Waals surface area contributed by atoms with E-state index in [2.05, 4.69) is 39.0 Å². The maximum Gasteiger partial charge on any atom is 0.228 e. The highest BCUT2D eigenvalue weighted by atomic mass is 16.4. The van der Waals surface area contributed by atoms with Gasteiger partial charge in [0.15, 0.2) is 0 Å². The minimum atomic E-state index is -1.30. The summed E-state index contributed by atoms with van der Waals surface area (Å²) >= 11 is 0. The summed E-state index contributed by atoms with van der Waals surface area (Å²) < 4.78 is 0. The van der Waals surface area contributed by atoms with Gasteiger partial charge in [-0.1, -0.05) is 23.8 Å². The number of carbonyl (C=O) groups is 2. The zero-order valence-corrected chi connectivity index (χ0v) is 13.5. The van der Waals surface area contributed by atoms with Gasteiger partial charge in [0.1, 0.15) is 6.04 Å². The number of nitrogens with zero attached hydrogens (tertiary/aromatic N) is 1. The van der Waals surface area contributed by atoms with Crippen LogP contribution < -0.4 is 10.0 Å². The summed E-state index contributed by atoms with van der Waals surface area (Å²) in [6, 6.07) is 6.90. The maximum absolute atomic E-state index is 11.7. The average Bonchev–Trinajstić information content (AvgIpc) is 2.46. The van der Waals surface area contributed by atoms with E-state index in [0.717, 1.165) is 13.1 Å². The van der Waals surface area contributed by atoms with E-state index in [-0.39, 0.29) is 5.91 Å². The molecule has 0 bridgehead atoms. The van der Waals surface area contributed by atoms with Gasteiger partial charge in [0.2, 0.25) is 5.91 Å². The Morgan fingerprint density at radius 3 is 2.45 bits per heavy atom. The van der Waals surface area contributed by atoms with E-state index in [4.69, 9.17) is 0 Å². The van der Waals surface area contributed by atoms with Crippen molar-refractivity contribution in [3.63, 3.8) is 0 Å². The van der Waals surface area contributed by atoms with E-state index >= 15 is 0 Å². The monoisotopic (exact) mass is 304 g/mol. The van der Waals surface area contributed by atoms with Crippen molar-refractivity contribution < 1.29 is 19.6 Å². The van der Waals surface area contributed by atoms with Crippen LogP contribution in [0.1, 0.15) is 36.1 Å². The number of piperazine rings is 1. The number of amides is 1. The van der Waals surface area contributed by atoms with Crippen molar-refractivity contribution in [2.75, 3.05) is 26.2 Å². The van der Waals surface area contributed by atoms with Gasteiger partial charge in [0.25, 0.3) is 0 Å². The highest BCUT2D eigenvalue weighted by molar-refractivity contribution is 5.92. The van der Waals surface area contributed by atoms with Gasteiger partial charge in [0, 0.05) is 5.56 Å². The lowest BCUT2D eigenvalue weighted by molar-refractivity contribution is -0.933. The fourth-order valence-electron chi connectivity index (χ4n) is 3.24. The second-order valence-electron chi connectivity index (χ2n) is 6.17. The molecule has 120 valence electrons. The molecule has 0 radical (unpaired) electrons. The number of carboxylic acids is 1. The molecule has 0 aliphatic carbocycles. The average molecular weight is 304 g/mol. The third-order valence-electron chi connectivity index (χ3n) is 4.56. The first-order chi connectivity index (χ1) is 10.4. The largest absolute Gasteiger partial charge is 0.550 e. The van der Waals surface area contributed by atoms with Gasteiger partial charge in [-0.2, -0.15) is 0 Å². The summed E-state index contributed by atoms with van der Waals surface area (Å²) in [5, 5.41) is 10.5. The van der Waals surface area contributed by atoms with E-state index in [1.54, 1.807) is 4.90 Å². The molecular formula is C17H24N2O3. The highest BCUT2D eigenvalue weighted by Gasteiger charge is 2.28. The van der Waals surface area contributed by atoms with Crippen LogP contribution in [0, 0.1) is 13.8 Å². The number of benzene rings is 1. The molecule has 1 atom stereocenters. The fourth-order valence-corrected chi connectivity index (χ4v) is 3.24. The molecule has 1 aromatic carbocycles. The van der Waals surface area contributed by atoms with Crippen LogP contribution in [-0.4, -0.2) is 43.0 Å². The number of nitrogens with one attached hydrogen (secondary N) is 1. The van der Waals surface area contributed by atoms with Crippen LogP contribution in [0.4, 0.5) is 0 Å². The molecule has 1 aliphatic heterocycles. The maximum atomic E-state index is 11.7. The molecule has 0 aromatic heterocycles. The van der Waals surface area contributed by atoms with Crippen molar-refractivity contribution in [2.24, 2.45) is 0 Å². The third-order valence-corrected chi connectivity index (χ3v) is 4.56. The number of aryl methyl sites for hydroxylation is 2. The standard InChI is InChI=1S/C17H24N2O3/c1-12-4-5-15(13(2)10-12)14(3)18-6-8-19(9-7-18)16(20)11-17(21)22/h4-5,10,14H,6-9,11H2,1-3H3,(H,21,22)/t14-/m1/s1. The minimum absolute atomic E-state index is 0.335. The number of aliphatic carboxylic acids is 1. The number of carboxylic acid groups (broad SMARTS) is 1. The number of hydrogen-bond donors (Lipinski definition) is 1.